The van der Waals surface area contributed by atoms with Crippen LogP contribution in [0, 0.1) is 0 Å². The van der Waals surface area contributed by atoms with Gasteiger partial charge >= 0.3 is 0 Å². The third kappa shape index (κ3) is 2.16. The van der Waals surface area contributed by atoms with Crippen LogP contribution in [-0.2, 0) is 12.8 Å². The molecule has 0 heterocycles. The summed E-state index contributed by atoms with van der Waals surface area (Å²) < 4.78 is 5.19. The number of aryl methyl sites for hydroxylation is 2. The van der Waals surface area contributed by atoms with Crippen LogP contribution in [-0.4, -0.2) is 12.2 Å². The smallest absolute Gasteiger partial charge is 0.141 e. The van der Waals surface area contributed by atoms with Crippen molar-refractivity contribution in [2.75, 3.05) is 12.8 Å². The summed E-state index contributed by atoms with van der Waals surface area (Å²) in [4.78, 5) is 0. The van der Waals surface area contributed by atoms with Crippen molar-refractivity contribution < 1.29 is 9.84 Å². The zero-order valence-corrected chi connectivity index (χ0v) is 13.0. The van der Waals surface area contributed by atoms with Crippen LogP contribution in [0.5, 0.6) is 5.75 Å². The standard InChI is InChI=1S/C20H19NO2/c1-23-18-10-8-14(11-17(18)21)20(22)16-9-7-13-6-5-12-3-2-4-15(16)19(12)13/h2-4,7-11,20,22H,5-6,21H2,1H3/t20-/m0/s1. The van der Waals surface area contributed by atoms with Crippen LogP contribution in [0.25, 0.3) is 10.8 Å². The van der Waals surface area contributed by atoms with Gasteiger partial charge in [0.1, 0.15) is 11.9 Å². The third-order valence-electron chi connectivity index (χ3n) is 4.77. The molecule has 0 saturated carbocycles. The minimum absolute atomic E-state index is 0.537. The van der Waals surface area contributed by atoms with Crippen molar-refractivity contribution in [3.8, 4) is 5.75 Å². The van der Waals surface area contributed by atoms with Crippen LogP contribution in [0.15, 0.2) is 48.5 Å². The second-order valence-corrected chi connectivity index (χ2v) is 6.06. The molecule has 1 aliphatic carbocycles. The summed E-state index contributed by atoms with van der Waals surface area (Å²) in [6.07, 6.45) is 1.47. The maximum absolute atomic E-state index is 10.9. The molecule has 116 valence electrons. The fourth-order valence-corrected chi connectivity index (χ4v) is 3.61. The summed E-state index contributed by atoms with van der Waals surface area (Å²) in [6, 6.07) is 16.0. The SMILES string of the molecule is COc1ccc([C@H](O)c2ccc3c4c(cccc24)CC3)cc1N. The second-order valence-electron chi connectivity index (χ2n) is 6.06. The summed E-state index contributed by atoms with van der Waals surface area (Å²) in [5.74, 6) is 0.626. The Balaban J connectivity index is 1.85. The number of aliphatic hydroxyl groups is 1. The Morgan fingerprint density at radius 2 is 1.83 bits per heavy atom. The summed E-state index contributed by atoms with van der Waals surface area (Å²) in [6.45, 7) is 0. The molecule has 0 spiro atoms. The van der Waals surface area contributed by atoms with E-state index in [1.54, 1.807) is 19.2 Å². The van der Waals surface area contributed by atoms with Crippen LogP contribution < -0.4 is 10.5 Å². The number of aliphatic hydroxyl groups excluding tert-OH is 1. The molecule has 0 fully saturated rings. The van der Waals surface area contributed by atoms with Crippen molar-refractivity contribution in [2.24, 2.45) is 0 Å². The topological polar surface area (TPSA) is 55.5 Å². The minimum atomic E-state index is -0.701. The number of ether oxygens (including phenoxy) is 1. The zero-order chi connectivity index (χ0) is 16.0. The molecule has 0 amide bonds. The summed E-state index contributed by atoms with van der Waals surface area (Å²) in [5, 5.41) is 13.3. The molecule has 0 saturated heterocycles. The molecule has 3 N–H and O–H groups in total. The van der Waals surface area contributed by atoms with Crippen molar-refractivity contribution in [1.82, 2.24) is 0 Å². The van der Waals surface area contributed by atoms with Crippen molar-refractivity contribution in [1.29, 1.82) is 0 Å². The monoisotopic (exact) mass is 305 g/mol. The highest BCUT2D eigenvalue weighted by molar-refractivity contribution is 5.93. The third-order valence-corrected chi connectivity index (χ3v) is 4.77. The summed E-state index contributed by atoms with van der Waals surface area (Å²) >= 11 is 0. The number of hydrogen-bond acceptors (Lipinski definition) is 3. The number of methoxy groups -OCH3 is 1. The molecular weight excluding hydrogens is 286 g/mol. The number of hydrogen-bond donors (Lipinski definition) is 2. The van der Waals surface area contributed by atoms with E-state index in [9.17, 15) is 5.11 Å². The lowest BCUT2D eigenvalue weighted by atomic mass is 9.93. The van der Waals surface area contributed by atoms with Gasteiger partial charge in [-0.15, -0.1) is 0 Å². The molecule has 0 aromatic heterocycles. The van der Waals surface area contributed by atoms with E-state index in [0.717, 1.165) is 29.4 Å². The highest BCUT2D eigenvalue weighted by atomic mass is 16.5. The summed E-state index contributed by atoms with van der Waals surface area (Å²) in [7, 11) is 1.59. The molecule has 3 aromatic rings. The van der Waals surface area contributed by atoms with Crippen molar-refractivity contribution in [3.63, 3.8) is 0 Å². The first-order chi connectivity index (χ1) is 11.2. The molecule has 1 atom stereocenters. The number of nitrogen functional groups attached to an aromatic ring is 1. The van der Waals surface area contributed by atoms with Gasteiger partial charge in [0, 0.05) is 0 Å². The average molecular weight is 305 g/mol. The molecule has 1 aliphatic rings. The van der Waals surface area contributed by atoms with Crippen LogP contribution in [0.4, 0.5) is 5.69 Å². The van der Waals surface area contributed by atoms with Gasteiger partial charge in [-0.3, -0.25) is 0 Å². The van der Waals surface area contributed by atoms with E-state index < -0.39 is 6.10 Å². The molecule has 23 heavy (non-hydrogen) atoms. The Kier molecular flexibility index (Phi) is 3.24. The zero-order valence-electron chi connectivity index (χ0n) is 13.0. The fraction of sp³-hybridized carbons (Fsp3) is 0.200. The molecule has 3 nitrogen and oxygen atoms in total. The number of rotatable bonds is 3. The van der Waals surface area contributed by atoms with Gasteiger partial charge in [-0.05, 0) is 58.0 Å². The van der Waals surface area contributed by atoms with E-state index in [-0.39, 0.29) is 0 Å². The van der Waals surface area contributed by atoms with Gasteiger partial charge in [0.15, 0.2) is 0 Å². The molecule has 0 aliphatic heterocycles. The first-order valence-electron chi connectivity index (χ1n) is 7.84. The predicted octanol–water partition coefficient (Wildman–Crippen LogP) is 3.61. The maximum Gasteiger partial charge on any atom is 0.141 e. The number of benzene rings is 3. The van der Waals surface area contributed by atoms with Crippen LogP contribution in [0.1, 0.15) is 28.4 Å². The maximum atomic E-state index is 10.9. The van der Waals surface area contributed by atoms with Crippen molar-refractivity contribution >= 4 is 16.5 Å². The van der Waals surface area contributed by atoms with Gasteiger partial charge in [-0.1, -0.05) is 36.4 Å². The average Bonchev–Trinajstić information content (AvgIpc) is 3.00. The molecule has 0 radical (unpaired) electrons. The normalized spacial score (nSPS) is 14.2. The molecule has 4 rings (SSSR count). The van der Waals surface area contributed by atoms with Crippen LogP contribution in [0.3, 0.4) is 0 Å². The highest BCUT2D eigenvalue weighted by Gasteiger charge is 2.20. The molecule has 0 unspecified atom stereocenters. The Bertz CT molecular complexity index is 891. The lowest BCUT2D eigenvalue weighted by Gasteiger charge is -2.16. The van der Waals surface area contributed by atoms with E-state index in [0.29, 0.717) is 11.4 Å². The Morgan fingerprint density at radius 1 is 1.04 bits per heavy atom. The summed E-state index contributed by atoms with van der Waals surface area (Å²) in [5.41, 5.74) is 11.0. The second kappa shape index (κ2) is 5.28. The highest BCUT2D eigenvalue weighted by Crippen LogP contribution is 2.37. The van der Waals surface area contributed by atoms with Gasteiger partial charge in [-0.2, -0.15) is 0 Å². The van der Waals surface area contributed by atoms with E-state index in [2.05, 4.69) is 24.3 Å². The first kappa shape index (κ1) is 14.1. The molecular formula is C20H19NO2. The fourth-order valence-electron chi connectivity index (χ4n) is 3.61. The Labute approximate surface area is 135 Å². The van der Waals surface area contributed by atoms with Gasteiger partial charge in [0.2, 0.25) is 0 Å². The predicted molar refractivity (Wildman–Crippen MR) is 92.8 cm³/mol. The van der Waals surface area contributed by atoms with Crippen LogP contribution in [0.2, 0.25) is 0 Å². The van der Waals surface area contributed by atoms with Crippen molar-refractivity contribution in [3.05, 3.63) is 70.8 Å². The lowest BCUT2D eigenvalue weighted by molar-refractivity contribution is 0.222. The number of nitrogens with two attached hydrogens (primary N) is 1. The quantitative estimate of drug-likeness (QED) is 0.727. The van der Waals surface area contributed by atoms with E-state index in [4.69, 9.17) is 10.5 Å². The molecule has 3 heteroatoms. The molecule has 0 bridgehead atoms. The van der Waals surface area contributed by atoms with Crippen LogP contribution >= 0.6 is 0 Å². The van der Waals surface area contributed by atoms with Gasteiger partial charge < -0.3 is 15.6 Å². The van der Waals surface area contributed by atoms with E-state index in [1.807, 2.05) is 12.1 Å². The van der Waals surface area contributed by atoms with E-state index >= 15 is 0 Å². The minimum Gasteiger partial charge on any atom is -0.495 e. The first-order valence-corrected chi connectivity index (χ1v) is 7.84. The Morgan fingerprint density at radius 3 is 2.57 bits per heavy atom. The molecule has 3 aromatic carbocycles. The lowest BCUT2D eigenvalue weighted by Crippen LogP contribution is -2.03. The Hall–Kier alpha value is -2.52. The van der Waals surface area contributed by atoms with Gasteiger partial charge in [0.05, 0.1) is 12.8 Å². The van der Waals surface area contributed by atoms with Gasteiger partial charge in [0.25, 0.3) is 0 Å². The van der Waals surface area contributed by atoms with Gasteiger partial charge in [-0.25, -0.2) is 0 Å². The number of anilines is 1. The largest absolute Gasteiger partial charge is 0.495 e. The van der Waals surface area contributed by atoms with Crippen molar-refractivity contribution in [2.45, 2.75) is 18.9 Å². The van der Waals surface area contributed by atoms with E-state index in [1.165, 1.54) is 16.5 Å².